The molecule has 162 valence electrons. The predicted octanol–water partition coefficient (Wildman–Crippen LogP) is 4.31. The molecule has 0 atom stereocenters. The average Bonchev–Trinajstić information content (AvgIpc) is 3.17. The lowest BCUT2D eigenvalue weighted by Crippen LogP contribution is -2.40. The molecular weight excluding hydrogens is 402 g/mol. The van der Waals surface area contributed by atoms with Crippen molar-refractivity contribution in [1.29, 1.82) is 0 Å². The van der Waals surface area contributed by atoms with Gasteiger partial charge in [0, 0.05) is 37.5 Å². The van der Waals surface area contributed by atoms with Crippen molar-refractivity contribution in [3.63, 3.8) is 0 Å². The largest absolute Gasteiger partial charge is 0.343 e. The lowest BCUT2D eigenvalue weighted by Gasteiger charge is -2.32. The van der Waals surface area contributed by atoms with Crippen LogP contribution in [-0.4, -0.2) is 39.2 Å². The number of nitrogens with zero attached hydrogens (tertiary/aromatic N) is 2. The van der Waals surface area contributed by atoms with E-state index >= 15 is 0 Å². The molecule has 3 aromatic carbocycles. The van der Waals surface area contributed by atoms with Gasteiger partial charge in [-0.25, -0.2) is 4.79 Å². The van der Waals surface area contributed by atoms with Gasteiger partial charge in [-0.3, -0.25) is 14.2 Å². The van der Waals surface area contributed by atoms with E-state index in [4.69, 9.17) is 0 Å². The predicted molar refractivity (Wildman–Crippen MR) is 125 cm³/mol. The van der Waals surface area contributed by atoms with Gasteiger partial charge in [-0.1, -0.05) is 48.5 Å². The van der Waals surface area contributed by atoms with Gasteiger partial charge in [0.1, 0.15) is 0 Å². The summed E-state index contributed by atoms with van der Waals surface area (Å²) in [7, 11) is 0. The van der Waals surface area contributed by atoms with E-state index in [0.29, 0.717) is 18.7 Å². The molecule has 1 saturated heterocycles. The summed E-state index contributed by atoms with van der Waals surface area (Å²) in [5.41, 5.74) is 2.29. The molecule has 1 fully saturated rings. The molecule has 32 heavy (non-hydrogen) atoms. The summed E-state index contributed by atoms with van der Waals surface area (Å²) in [6, 6.07) is 21.4. The zero-order valence-corrected chi connectivity index (χ0v) is 17.8. The summed E-state index contributed by atoms with van der Waals surface area (Å²) in [6.45, 7) is 1.19. The van der Waals surface area contributed by atoms with Crippen molar-refractivity contribution in [2.45, 2.75) is 31.7 Å². The molecule has 6 heteroatoms. The summed E-state index contributed by atoms with van der Waals surface area (Å²) in [6.07, 6.45) is 1.88. The minimum Gasteiger partial charge on any atom is -0.343 e. The van der Waals surface area contributed by atoms with Gasteiger partial charge in [-0.2, -0.15) is 0 Å². The first-order valence-corrected chi connectivity index (χ1v) is 11.1. The molecule has 0 bridgehead atoms. The Bertz CT molecular complexity index is 1360. The van der Waals surface area contributed by atoms with E-state index in [2.05, 4.69) is 4.98 Å². The second-order valence-electron chi connectivity index (χ2n) is 8.41. The van der Waals surface area contributed by atoms with E-state index in [1.165, 1.54) is 0 Å². The molecule has 4 aromatic rings. The number of ketones is 1. The normalized spacial score (nSPS) is 14.8. The number of hydrogen-bond acceptors (Lipinski definition) is 3. The summed E-state index contributed by atoms with van der Waals surface area (Å²) in [5.74, 6) is -0.00630. The Kier molecular flexibility index (Phi) is 5.35. The number of amides is 1. The number of rotatable bonds is 5. The van der Waals surface area contributed by atoms with Crippen LogP contribution in [0.4, 0.5) is 0 Å². The first-order valence-electron chi connectivity index (χ1n) is 11.1. The van der Waals surface area contributed by atoms with E-state index in [-0.39, 0.29) is 36.3 Å². The standard InChI is InChI=1S/C26H25N3O3/c30-24(20-10-9-18-5-1-2-6-19(18)17-20)11-12-25(31)28-15-13-21(14-16-28)29-23-8-4-3-7-22(23)27-26(29)32/h1-10,17,21H,11-16H2,(H,27,32). The number of para-hydroxylation sites is 2. The molecule has 2 heterocycles. The zero-order chi connectivity index (χ0) is 22.1. The van der Waals surface area contributed by atoms with E-state index in [1.807, 2.05) is 76.2 Å². The molecule has 0 spiro atoms. The highest BCUT2D eigenvalue weighted by Crippen LogP contribution is 2.25. The molecule has 1 amide bonds. The number of H-pyrrole nitrogens is 1. The summed E-state index contributed by atoms with van der Waals surface area (Å²) >= 11 is 0. The van der Waals surface area contributed by atoms with Crippen LogP contribution >= 0.6 is 0 Å². The fourth-order valence-electron chi connectivity index (χ4n) is 4.70. The summed E-state index contributed by atoms with van der Waals surface area (Å²) < 4.78 is 1.82. The van der Waals surface area contributed by atoms with Crippen molar-refractivity contribution in [2.75, 3.05) is 13.1 Å². The third-order valence-corrected chi connectivity index (χ3v) is 6.44. The fraction of sp³-hybridized carbons (Fsp3) is 0.269. The number of nitrogens with one attached hydrogen (secondary N) is 1. The third-order valence-electron chi connectivity index (χ3n) is 6.44. The Balaban J connectivity index is 1.19. The first-order chi connectivity index (χ1) is 15.6. The Morgan fingerprint density at radius 3 is 2.41 bits per heavy atom. The quantitative estimate of drug-likeness (QED) is 0.482. The molecule has 1 aliphatic rings. The van der Waals surface area contributed by atoms with Gasteiger partial charge in [0.05, 0.1) is 11.0 Å². The van der Waals surface area contributed by atoms with Crippen molar-refractivity contribution in [3.05, 3.63) is 82.8 Å². The van der Waals surface area contributed by atoms with Crippen LogP contribution in [0.2, 0.25) is 0 Å². The van der Waals surface area contributed by atoms with Gasteiger partial charge in [-0.05, 0) is 41.8 Å². The number of carbonyl (C=O) groups is 2. The maximum Gasteiger partial charge on any atom is 0.326 e. The number of carbonyl (C=O) groups excluding carboxylic acids is 2. The lowest BCUT2D eigenvalue weighted by molar-refractivity contribution is -0.132. The fourth-order valence-corrected chi connectivity index (χ4v) is 4.70. The Labute approximate surface area is 185 Å². The maximum absolute atomic E-state index is 12.7. The van der Waals surface area contributed by atoms with Gasteiger partial charge in [-0.15, -0.1) is 0 Å². The molecule has 5 rings (SSSR count). The highest BCUT2D eigenvalue weighted by molar-refractivity contribution is 6.01. The minimum absolute atomic E-state index is 0.00358. The first kappa shape index (κ1) is 20.2. The van der Waals surface area contributed by atoms with Crippen LogP contribution < -0.4 is 5.69 Å². The number of aromatic amines is 1. The van der Waals surface area contributed by atoms with E-state index < -0.39 is 0 Å². The molecule has 0 saturated carbocycles. The number of piperidine rings is 1. The Morgan fingerprint density at radius 1 is 0.875 bits per heavy atom. The molecule has 1 aromatic heterocycles. The molecule has 1 N–H and O–H groups in total. The Morgan fingerprint density at radius 2 is 1.59 bits per heavy atom. The molecule has 0 radical (unpaired) electrons. The Hall–Kier alpha value is -3.67. The monoisotopic (exact) mass is 427 g/mol. The number of aromatic nitrogens is 2. The van der Waals surface area contributed by atoms with Crippen LogP contribution in [-0.2, 0) is 4.79 Å². The van der Waals surface area contributed by atoms with Crippen LogP contribution in [0.1, 0.15) is 42.1 Å². The van der Waals surface area contributed by atoms with E-state index in [0.717, 1.165) is 34.6 Å². The summed E-state index contributed by atoms with van der Waals surface area (Å²) in [5, 5.41) is 2.12. The molecular formula is C26H25N3O3. The van der Waals surface area contributed by atoms with Crippen LogP contribution in [0, 0.1) is 0 Å². The van der Waals surface area contributed by atoms with Gasteiger partial charge in [0.25, 0.3) is 0 Å². The van der Waals surface area contributed by atoms with E-state index in [9.17, 15) is 14.4 Å². The zero-order valence-electron chi connectivity index (χ0n) is 17.8. The van der Waals surface area contributed by atoms with Gasteiger partial charge < -0.3 is 9.88 Å². The van der Waals surface area contributed by atoms with Gasteiger partial charge >= 0.3 is 5.69 Å². The highest BCUT2D eigenvalue weighted by Gasteiger charge is 2.26. The molecule has 6 nitrogen and oxygen atoms in total. The smallest absolute Gasteiger partial charge is 0.326 e. The number of hydrogen-bond donors (Lipinski definition) is 1. The third kappa shape index (κ3) is 3.84. The average molecular weight is 428 g/mol. The highest BCUT2D eigenvalue weighted by atomic mass is 16.2. The molecule has 0 unspecified atom stereocenters. The number of Topliss-reactive ketones (excluding diaryl/α,β-unsaturated/α-hetero) is 1. The second kappa shape index (κ2) is 8.46. The van der Waals surface area contributed by atoms with Crippen molar-refractivity contribution in [3.8, 4) is 0 Å². The van der Waals surface area contributed by atoms with Gasteiger partial charge in [0.2, 0.25) is 5.91 Å². The van der Waals surface area contributed by atoms with E-state index in [1.54, 1.807) is 0 Å². The number of likely N-dealkylation sites (tertiary alicyclic amines) is 1. The van der Waals surface area contributed by atoms with Crippen LogP contribution in [0.25, 0.3) is 21.8 Å². The maximum atomic E-state index is 12.7. The van der Waals surface area contributed by atoms with Crippen LogP contribution in [0.3, 0.4) is 0 Å². The summed E-state index contributed by atoms with van der Waals surface area (Å²) in [4.78, 5) is 42.5. The van der Waals surface area contributed by atoms with Crippen LogP contribution in [0.15, 0.2) is 71.5 Å². The molecule has 0 aliphatic carbocycles. The van der Waals surface area contributed by atoms with Crippen molar-refractivity contribution >= 4 is 33.5 Å². The number of imidazole rings is 1. The lowest BCUT2D eigenvalue weighted by atomic mass is 10.0. The number of benzene rings is 3. The molecule has 1 aliphatic heterocycles. The topological polar surface area (TPSA) is 75.2 Å². The van der Waals surface area contributed by atoms with Crippen molar-refractivity contribution < 1.29 is 9.59 Å². The number of fused-ring (bicyclic) bond motifs is 2. The van der Waals surface area contributed by atoms with Crippen molar-refractivity contribution in [2.24, 2.45) is 0 Å². The second-order valence-corrected chi connectivity index (χ2v) is 8.41. The minimum atomic E-state index is -0.100. The van der Waals surface area contributed by atoms with Crippen LogP contribution in [0.5, 0.6) is 0 Å². The van der Waals surface area contributed by atoms with Gasteiger partial charge in [0.15, 0.2) is 5.78 Å². The SMILES string of the molecule is O=C(CCC(=O)N1CCC(n2c(=O)[nH]c3ccccc32)CC1)c1ccc2ccccc2c1. The van der Waals surface area contributed by atoms with Crippen molar-refractivity contribution in [1.82, 2.24) is 14.5 Å².